The summed E-state index contributed by atoms with van der Waals surface area (Å²) in [5.74, 6) is -2.25. The molecule has 0 fully saturated rings. The molecule has 0 heterocycles. The molecule has 0 radical (unpaired) electrons. The third-order valence-corrected chi connectivity index (χ3v) is 2.97. The average molecular weight is 323 g/mol. The number of rotatable bonds is 2. The molecule has 0 aliphatic rings. The molecule has 90 valence electrons. The van der Waals surface area contributed by atoms with Crippen LogP contribution in [-0.4, -0.2) is 13.9 Å². The Hall–Kier alpha value is -0.830. The SMILES string of the molecule is O=S(=O)(Oc1c(F)cccc1Br)C(F)(F)F. The van der Waals surface area contributed by atoms with Crippen molar-refractivity contribution in [3.05, 3.63) is 28.5 Å². The fraction of sp³-hybridized carbons (Fsp3) is 0.143. The van der Waals surface area contributed by atoms with E-state index in [-0.39, 0.29) is 4.47 Å². The summed E-state index contributed by atoms with van der Waals surface area (Å²) >= 11 is 2.67. The van der Waals surface area contributed by atoms with Crippen molar-refractivity contribution in [3.63, 3.8) is 0 Å². The quantitative estimate of drug-likeness (QED) is 0.478. The van der Waals surface area contributed by atoms with Crippen LogP contribution in [-0.2, 0) is 10.1 Å². The molecule has 3 nitrogen and oxygen atoms in total. The lowest BCUT2D eigenvalue weighted by molar-refractivity contribution is -0.0501. The molecule has 0 aliphatic carbocycles. The number of alkyl halides is 3. The lowest BCUT2D eigenvalue weighted by atomic mass is 10.3. The first-order valence-corrected chi connectivity index (χ1v) is 5.80. The minimum Gasteiger partial charge on any atom is -0.372 e. The highest BCUT2D eigenvalue weighted by Gasteiger charge is 2.49. The second kappa shape index (κ2) is 4.21. The summed E-state index contributed by atoms with van der Waals surface area (Å²) in [5, 5.41) is 0. The standard InChI is InChI=1S/C7H3BrF4O3S/c8-4-2-1-3-5(9)6(4)15-16(13,14)7(10,11)12/h1-3H. The van der Waals surface area contributed by atoms with Gasteiger partial charge in [0.05, 0.1) is 4.47 Å². The van der Waals surface area contributed by atoms with Gasteiger partial charge in [-0.25, -0.2) is 4.39 Å². The normalized spacial score (nSPS) is 12.6. The van der Waals surface area contributed by atoms with E-state index in [4.69, 9.17) is 0 Å². The Bertz CT molecular complexity index is 477. The molecule has 0 atom stereocenters. The first kappa shape index (κ1) is 13.2. The zero-order chi connectivity index (χ0) is 12.6. The first-order valence-electron chi connectivity index (χ1n) is 3.60. The van der Waals surface area contributed by atoms with Crippen LogP contribution < -0.4 is 4.18 Å². The third-order valence-electron chi connectivity index (χ3n) is 1.40. The van der Waals surface area contributed by atoms with Crippen molar-refractivity contribution in [1.82, 2.24) is 0 Å². The van der Waals surface area contributed by atoms with Crippen molar-refractivity contribution in [2.75, 3.05) is 0 Å². The molecule has 0 unspecified atom stereocenters. The van der Waals surface area contributed by atoms with E-state index in [1.165, 1.54) is 6.07 Å². The zero-order valence-corrected chi connectivity index (χ0v) is 9.66. The minimum absolute atomic E-state index is 0.236. The molecule has 1 aromatic rings. The summed E-state index contributed by atoms with van der Waals surface area (Å²) in [7, 11) is -5.87. The van der Waals surface area contributed by atoms with Crippen LogP contribution in [0.4, 0.5) is 17.6 Å². The molecular weight excluding hydrogens is 320 g/mol. The summed E-state index contributed by atoms with van der Waals surface area (Å²) in [6, 6.07) is 3.09. The average Bonchev–Trinajstić information content (AvgIpc) is 2.10. The summed E-state index contributed by atoms with van der Waals surface area (Å²) in [6.45, 7) is 0. The second-order valence-electron chi connectivity index (χ2n) is 2.53. The molecule has 0 aliphatic heterocycles. The van der Waals surface area contributed by atoms with Crippen LogP contribution in [0.3, 0.4) is 0 Å². The number of halogens is 5. The molecule has 9 heteroatoms. The largest absolute Gasteiger partial charge is 0.534 e. The van der Waals surface area contributed by atoms with Gasteiger partial charge in [0.2, 0.25) is 0 Å². The van der Waals surface area contributed by atoms with E-state index in [1.807, 2.05) is 0 Å². The van der Waals surface area contributed by atoms with Gasteiger partial charge in [0.15, 0.2) is 11.6 Å². The fourth-order valence-corrected chi connectivity index (χ4v) is 1.73. The molecule has 1 aromatic carbocycles. The van der Waals surface area contributed by atoms with E-state index in [0.29, 0.717) is 0 Å². The van der Waals surface area contributed by atoms with Crippen LogP contribution in [0.1, 0.15) is 0 Å². The Morgan fingerprint density at radius 2 is 1.81 bits per heavy atom. The van der Waals surface area contributed by atoms with Crippen molar-refractivity contribution in [2.24, 2.45) is 0 Å². The van der Waals surface area contributed by atoms with Crippen molar-refractivity contribution in [1.29, 1.82) is 0 Å². The van der Waals surface area contributed by atoms with Gasteiger partial charge in [-0.15, -0.1) is 0 Å². The summed E-state index contributed by atoms with van der Waals surface area (Å²) < 4.78 is 73.4. The Labute approximate surface area is 96.3 Å². The van der Waals surface area contributed by atoms with Gasteiger partial charge in [0.1, 0.15) is 0 Å². The Balaban J connectivity index is 3.17. The van der Waals surface area contributed by atoms with E-state index in [2.05, 4.69) is 20.1 Å². The molecule has 0 bridgehead atoms. The van der Waals surface area contributed by atoms with Crippen LogP contribution in [0.25, 0.3) is 0 Å². The first-order chi connectivity index (χ1) is 7.15. The molecule has 0 saturated heterocycles. The Kier molecular flexibility index (Phi) is 3.48. The Morgan fingerprint density at radius 3 is 2.25 bits per heavy atom. The molecule has 0 amide bonds. The monoisotopic (exact) mass is 322 g/mol. The minimum atomic E-state index is -5.87. The van der Waals surface area contributed by atoms with Crippen molar-refractivity contribution < 1.29 is 30.2 Å². The topological polar surface area (TPSA) is 43.4 Å². The molecule has 0 N–H and O–H groups in total. The van der Waals surface area contributed by atoms with E-state index in [1.54, 1.807) is 0 Å². The van der Waals surface area contributed by atoms with Crippen LogP contribution in [0.15, 0.2) is 22.7 Å². The highest BCUT2D eigenvalue weighted by molar-refractivity contribution is 9.10. The Morgan fingerprint density at radius 1 is 1.25 bits per heavy atom. The maximum atomic E-state index is 13.0. The maximum absolute atomic E-state index is 13.0. The van der Waals surface area contributed by atoms with E-state index in [0.717, 1.165) is 12.1 Å². The number of hydrogen-bond donors (Lipinski definition) is 0. The third kappa shape index (κ3) is 2.64. The molecule has 0 spiro atoms. The predicted octanol–water partition coefficient (Wildman–Crippen LogP) is 2.82. The van der Waals surface area contributed by atoms with E-state index in [9.17, 15) is 26.0 Å². The predicted molar refractivity (Wildman–Crippen MR) is 49.7 cm³/mol. The zero-order valence-electron chi connectivity index (χ0n) is 7.25. The lowest BCUT2D eigenvalue weighted by Gasteiger charge is -2.10. The highest BCUT2D eigenvalue weighted by atomic mass is 79.9. The van der Waals surface area contributed by atoms with Crippen molar-refractivity contribution in [3.8, 4) is 5.75 Å². The van der Waals surface area contributed by atoms with Crippen molar-refractivity contribution in [2.45, 2.75) is 5.51 Å². The van der Waals surface area contributed by atoms with Crippen LogP contribution in [0, 0.1) is 5.82 Å². The summed E-state index contributed by atoms with van der Waals surface area (Å²) in [5.41, 5.74) is -5.60. The van der Waals surface area contributed by atoms with Crippen molar-refractivity contribution >= 4 is 26.0 Å². The molecule has 1 rings (SSSR count). The molecule has 0 aromatic heterocycles. The number of benzene rings is 1. The molecular formula is C7H3BrF4O3S. The van der Waals surface area contributed by atoms with Gasteiger partial charge in [-0.1, -0.05) is 6.07 Å². The van der Waals surface area contributed by atoms with Gasteiger partial charge in [-0.3, -0.25) is 0 Å². The van der Waals surface area contributed by atoms with Crippen LogP contribution >= 0.6 is 15.9 Å². The van der Waals surface area contributed by atoms with Gasteiger partial charge < -0.3 is 4.18 Å². The van der Waals surface area contributed by atoms with Crippen LogP contribution in [0.5, 0.6) is 5.75 Å². The second-order valence-corrected chi connectivity index (χ2v) is 4.93. The van der Waals surface area contributed by atoms with Gasteiger partial charge in [0, 0.05) is 0 Å². The van der Waals surface area contributed by atoms with E-state index >= 15 is 0 Å². The number of hydrogen-bond acceptors (Lipinski definition) is 3. The van der Waals surface area contributed by atoms with Gasteiger partial charge in [-0.2, -0.15) is 21.6 Å². The van der Waals surface area contributed by atoms with Gasteiger partial charge in [0.25, 0.3) is 0 Å². The summed E-state index contributed by atoms with van der Waals surface area (Å²) in [4.78, 5) is 0. The lowest BCUT2D eigenvalue weighted by Crippen LogP contribution is -2.28. The van der Waals surface area contributed by atoms with E-state index < -0.39 is 27.2 Å². The molecule has 0 saturated carbocycles. The maximum Gasteiger partial charge on any atom is 0.534 e. The molecule has 16 heavy (non-hydrogen) atoms. The van der Waals surface area contributed by atoms with Crippen LogP contribution in [0.2, 0.25) is 0 Å². The van der Waals surface area contributed by atoms with Gasteiger partial charge in [-0.05, 0) is 28.1 Å². The van der Waals surface area contributed by atoms with Gasteiger partial charge >= 0.3 is 15.6 Å². The highest BCUT2D eigenvalue weighted by Crippen LogP contribution is 2.33. The fourth-order valence-electron chi connectivity index (χ4n) is 0.719. The summed E-state index contributed by atoms with van der Waals surface area (Å²) in [6.07, 6.45) is 0. The smallest absolute Gasteiger partial charge is 0.372 e. The number of para-hydroxylation sites is 1.